The Morgan fingerprint density at radius 2 is 1.87 bits per heavy atom. The number of nitrogens with one attached hydrogen (secondary N) is 1. The fourth-order valence-corrected chi connectivity index (χ4v) is 4.48. The predicted octanol–water partition coefficient (Wildman–Crippen LogP) is 2.54. The van der Waals surface area contributed by atoms with Gasteiger partial charge >= 0.3 is 0 Å². The van der Waals surface area contributed by atoms with Crippen LogP contribution in [0.5, 0.6) is 5.75 Å². The molecule has 0 radical (unpaired) electrons. The lowest BCUT2D eigenvalue weighted by Crippen LogP contribution is -2.48. The zero-order valence-corrected chi connectivity index (χ0v) is 13.7. The van der Waals surface area contributed by atoms with Crippen LogP contribution < -0.4 is 10.1 Å². The topological polar surface area (TPSA) is 41.6 Å². The molecule has 0 bridgehead atoms. The monoisotopic (exact) mass is 314 g/mol. The van der Waals surface area contributed by atoms with E-state index in [1.54, 1.807) is 0 Å². The number of likely N-dealkylation sites (tertiary alicyclic amines) is 1. The highest BCUT2D eigenvalue weighted by Crippen LogP contribution is 2.41. The first-order valence-electron chi connectivity index (χ1n) is 8.99. The van der Waals surface area contributed by atoms with Gasteiger partial charge < -0.3 is 15.0 Å². The van der Waals surface area contributed by atoms with Crippen LogP contribution >= 0.6 is 0 Å². The molecule has 1 N–H and O–H groups in total. The number of hydrogen-bond acceptors (Lipinski definition) is 3. The third kappa shape index (κ3) is 2.85. The van der Waals surface area contributed by atoms with Crippen molar-refractivity contribution in [3.63, 3.8) is 0 Å². The van der Waals surface area contributed by atoms with Crippen LogP contribution in [0, 0.1) is 5.41 Å². The lowest BCUT2D eigenvalue weighted by molar-refractivity contribution is -0.136. The molecule has 2 fully saturated rings. The van der Waals surface area contributed by atoms with Gasteiger partial charge in [-0.05, 0) is 56.7 Å². The Labute approximate surface area is 138 Å². The summed E-state index contributed by atoms with van der Waals surface area (Å²) in [6.45, 7) is 4.79. The SMILES string of the molecule is O=C(C1CCOc2ccccc21)N1CCC2(CCNCC2)CC1. The first-order chi connectivity index (χ1) is 11.3. The average Bonchev–Trinajstić information content (AvgIpc) is 2.62. The Hall–Kier alpha value is -1.55. The Balaban J connectivity index is 1.45. The summed E-state index contributed by atoms with van der Waals surface area (Å²) in [6, 6.07) is 8.02. The first kappa shape index (κ1) is 15.0. The van der Waals surface area contributed by atoms with Crippen molar-refractivity contribution in [3.8, 4) is 5.75 Å². The second-order valence-electron chi connectivity index (χ2n) is 7.30. The van der Waals surface area contributed by atoms with Crippen LogP contribution in [0.2, 0.25) is 0 Å². The largest absolute Gasteiger partial charge is 0.493 e. The number of benzene rings is 1. The molecule has 124 valence electrons. The fourth-order valence-electron chi connectivity index (χ4n) is 4.48. The predicted molar refractivity (Wildman–Crippen MR) is 89.6 cm³/mol. The lowest BCUT2D eigenvalue weighted by atomic mass is 9.71. The van der Waals surface area contributed by atoms with Gasteiger partial charge in [-0.2, -0.15) is 0 Å². The molecule has 3 heterocycles. The van der Waals surface area contributed by atoms with Crippen LogP contribution in [0.25, 0.3) is 0 Å². The zero-order chi connectivity index (χ0) is 15.7. The Kier molecular flexibility index (Phi) is 4.02. The summed E-state index contributed by atoms with van der Waals surface area (Å²) in [5.74, 6) is 1.19. The Morgan fingerprint density at radius 1 is 1.13 bits per heavy atom. The van der Waals surface area contributed by atoms with E-state index >= 15 is 0 Å². The number of rotatable bonds is 1. The molecule has 1 spiro atoms. The third-order valence-corrected chi connectivity index (χ3v) is 6.06. The second-order valence-corrected chi connectivity index (χ2v) is 7.30. The van der Waals surface area contributed by atoms with Gasteiger partial charge in [-0.25, -0.2) is 0 Å². The van der Waals surface area contributed by atoms with E-state index in [1.807, 2.05) is 18.2 Å². The highest BCUT2D eigenvalue weighted by molar-refractivity contribution is 5.85. The van der Waals surface area contributed by atoms with Gasteiger partial charge in [0, 0.05) is 18.7 Å². The molecule has 3 aliphatic heterocycles. The summed E-state index contributed by atoms with van der Waals surface area (Å²) < 4.78 is 5.70. The maximum Gasteiger partial charge on any atom is 0.230 e. The highest BCUT2D eigenvalue weighted by atomic mass is 16.5. The Morgan fingerprint density at radius 3 is 2.65 bits per heavy atom. The van der Waals surface area contributed by atoms with Crippen LogP contribution in [0.3, 0.4) is 0 Å². The summed E-state index contributed by atoms with van der Waals surface area (Å²) in [4.78, 5) is 15.2. The molecular formula is C19H26N2O2. The van der Waals surface area contributed by atoms with Crippen molar-refractivity contribution in [2.24, 2.45) is 5.41 Å². The standard InChI is InChI=1S/C19H26N2O2/c22-18(16-5-14-23-17-4-2-1-3-15(16)17)21-12-8-19(9-13-21)6-10-20-11-7-19/h1-4,16,20H,5-14H2. The molecule has 4 heteroatoms. The maximum absolute atomic E-state index is 13.0. The van der Waals surface area contributed by atoms with Crippen molar-refractivity contribution in [2.45, 2.75) is 38.0 Å². The highest BCUT2D eigenvalue weighted by Gasteiger charge is 2.39. The van der Waals surface area contributed by atoms with Crippen LogP contribution in [-0.4, -0.2) is 43.6 Å². The molecule has 0 saturated carbocycles. The number of carbonyl (C=O) groups excluding carboxylic acids is 1. The van der Waals surface area contributed by atoms with Crippen LogP contribution in [0.4, 0.5) is 0 Å². The number of hydrogen-bond donors (Lipinski definition) is 1. The van der Waals surface area contributed by atoms with Gasteiger partial charge in [0.2, 0.25) is 5.91 Å². The van der Waals surface area contributed by atoms with Crippen molar-refractivity contribution in [3.05, 3.63) is 29.8 Å². The first-order valence-corrected chi connectivity index (χ1v) is 8.99. The van der Waals surface area contributed by atoms with Crippen molar-refractivity contribution in [1.29, 1.82) is 0 Å². The number of ether oxygens (including phenoxy) is 1. The molecule has 0 aromatic heterocycles. The molecule has 4 rings (SSSR count). The van der Waals surface area contributed by atoms with Gasteiger partial charge in [0.05, 0.1) is 12.5 Å². The number of carbonyl (C=O) groups is 1. The zero-order valence-electron chi connectivity index (χ0n) is 13.7. The smallest absolute Gasteiger partial charge is 0.230 e. The molecular weight excluding hydrogens is 288 g/mol. The van der Waals surface area contributed by atoms with Gasteiger partial charge in [0.15, 0.2) is 0 Å². The van der Waals surface area contributed by atoms with E-state index in [0.29, 0.717) is 17.9 Å². The summed E-state index contributed by atoms with van der Waals surface area (Å²) in [7, 11) is 0. The van der Waals surface area contributed by atoms with Crippen LogP contribution in [0.15, 0.2) is 24.3 Å². The van der Waals surface area contributed by atoms with Crippen molar-refractivity contribution in [2.75, 3.05) is 32.8 Å². The molecule has 1 unspecified atom stereocenters. The fraction of sp³-hybridized carbons (Fsp3) is 0.632. The molecule has 4 nitrogen and oxygen atoms in total. The quantitative estimate of drug-likeness (QED) is 0.866. The molecule has 23 heavy (non-hydrogen) atoms. The van der Waals surface area contributed by atoms with E-state index in [9.17, 15) is 4.79 Å². The lowest BCUT2D eigenvalue weighted by Gasteiger charge is -2.45. The van der Waals surface area contributed by atoms with Crippen LogP contribution in [-0.2, 0) is 4.79 Å². The van der Waals surface area contributed by atoms with E-state index in [0.717, 1.165) is 43.9 Å². The Bertz CT molecular complexity index is 570. The number of amides is 1. The minimum absolute atomic E-state index is 0.0120. The van der Waals surface area contributed by atoms with Gasteiger partial charge in [0.1, 0.15) is 5.75 Å². The molecule has 1 aromatic rings. The normalized spacial score (nSPS) is 26.4. The number of para-hydroxylation sites is 1. The maximum atomic E-state index is 13.0. The summed E-state index contributed by atoms with van der Waals surface area (Å²) >= 11 is 0. The van der Waals surface area contributed by atoms with Gasteiger partial charge in [-0.1, -0.05) is 18.2 Å². The van der Waals surface area contributed by atoms with E-state index in [-0.39, 0.29) is 5.92 Å². The van der Waals surface area contributed by atoms with E-state index in [4.69, 9.17) is 4.74 Å². The van der Waals surface area contributed by atoms with Crippen molar-refractivity contribution in [1.82, 2.24) is 10.2 Å². The second kappa shape index (κ2) is 6.16. The summed E-state index contributed by atoms with van der Waals surface area (Å²) in [6.07, 6.45) is 5.70. The minimum Gasteiger partial charge on any atom is -0.493 e. The minimum atomic E-state index is -0.0120. The third-order valence-electron chi connectivity index (χ3n) is 6.06. The molecule has 1 aromatic carbocycles. The van der Waals surface area contributed by atoms with Gasteiger partial charge in [0.25, 0.3) is 0 Å². The van der Waals surface area contributed by atoms with Gasteiger partial charge in [-0.3, -0.25) is 4.79 Å². The number of nitrogens with zero attached hydrogens (tertiary/aromatic N) is 1. The summed E-state index contributed by atoms with van der Waals surface area (Å²) in [5.41, 5.74) is 1.57. The number of piperidine rings is 2. The summed E-state index contributed by atoms with van der Waals surface area (Å²) in [5, 5.41) is 3.46. The molecule has 1 amide bonds. The van der Waals surface area contributed by atoms with Gasteiger partial charge in [-0.15, -0.1) is 0 Å². The average molecular weight is 314 g/mol. The van der Waals surface area contributed by atoms with E-state index < -0.39 is 0 Å². The molecule has 2 saturated heterocycles. The van der Waals surface area contributed by atoms with E-state index in [2.05, 4.69) is 16.3 Å². The van der Waals surface area contributed by atoms with Crippen molar-refractivity contribution < 1.29 is 9.53 Å². The molecule has 1 atom stereocenters. The van der Waals surface area contributed by atoms with Crippen molar-refractivity contribution >= 4 is 5.91 Å². The van der Waals surface area contributed by atoms with E-state index in [1.165, 1.54) is 25.7 Å². The number of fused-ring (bicyclic) bond motifs is 1. The molecule has 3 aliphatic rings. The molecule has 0 aliphatic carbocycles. The van der Waals surface area contributed by atoms with Crippen LogP contribution in [0.1, 0.15) is 43.6 Å².